The fourth-order valence-corrected chi connectivity index (χ4v) is 2.36. The van der Waals surface area contributed by atoms with Gasteiger partial charge in [-0.3, -0.25) is 4.79 Å². The van der Waals surface area contributed by atoms with E-state index >= 15 is 0 Å². The van der Waals surface area contributed by atoms with Gasteiger partial charge in [0, 0.05) is 0 Å². The van der Waals surface area contributed by atoms with Gasteiger partial charge in [0.15, 0.2) is 17.8 Å². The van der Waals surface area contributed by atoms with Crippen LogP contribution in [0, 0.1) is 0 Å². The average Bonchev–Trinajstić information content (AvgIpc) is 3.12. The fraction of sp³-hybridized carbons (Fsp3) is 0.158. The predicted octanol–water partition coefficient (Wildman–Crippen LogP) is 2.86. The lowest BCUT2D eigenvalue weighted by Crippen LogP contribution is -2.13. The van der Waals surface area contributed by atoms with E-state index in [9.17, 15) is 9.59 Å². The number of hydrogen-bond acceptors (Lipinski definition) is 6. The lowest BCUT2D eigenvalue weighted by Gasteiger charge is -2.10. The third kappa shape index (κ3) is 3.80. The van der Waals surface area contributed by atoms with Crippen molar-refractivity contribution in [1.29, 1.82) is 0 Å². The first-order valence-corrected chi connectivity index (χ1v) is 7.57. The molecule has 0 bridgehead atoms. The number of benzene rings is 2. The van der Waals surface area contributed by atoms with Crippen LogP contribution < -0.4 is 14.2 Å². The summed E-state index contributed by atoms with van der Waals surface area (Å²) in [7, 11) is 1.30. The standard InChI is InChI=1S/C19H16O6/c1-22-19(21)15(11-23-16-5-3-2-4-14(16)10-20)8-13-6-7-17-18(9-13)25-12-24-17/h2-10H,11-12H2,1H3/b15-8-. The van der Waals surface area contributed by atoms with Crippen molar-refractivity contribution in [3.63, 3.8) is 0 Å². The van der Waals surface area contributed by atoms with Crippen LogP contribution in [0.2, 0.25) is 0 Å². The largest absolute Gasteiger partial charge is 0.488 e. The van der Waals surface area contributed by atoms with Crippen LogP contribution in [0.15, 0.2) is 48.0 Å². The second-order valence-electron chi connectivity index (χ2n) is 5.22. The van der Waals surface area contributed by atoms with E-state index in [1.165, 1.54) is 7.11 Å². The van der Waals surface area contributed by atoms with Gasteiger partial charge in [0.1, 0.15) is 12.4 Å². The smallest absolute Gasteiger partial charge is 0.337 e. The summed E-state index contributed by atoms with van der Waals surface area (Å²) in [6.45, 7) is 0.143. The summed E-state index contributed by atoms with van der Waals surface area (Å²) < 4.78 is 21.0. The highest BCUT2D eigenvalue weighted by molar-refractivity contribution is 5.94. The molecule has 128 valence electrons. The first-order chi connectivity index (χ1) is 12.2. The summed E-state index contributed by atoms with van der Waals surface area (Å²) in [5.41, 5.74) is 1.47. The summed E-state index contributed by atoms with van der Waals surface area (Å²) in [6.07, 6.45) is 2.35. The molecule has 0 saturated heterocycles. The molecule has 1 aliphatic rings. The normalized spacial score (nSPS) is 12.6. The Kier molecular flexibility index (Phi) is 4.99. The van der Waals surface area contributed by atoms with E-state index in [1.54, 1.807) is 48.5 Å². The minimum atomic E-state index is -0.513. The average molecular weight is 340 g/mol. The van der Waals surface area contributed by atoms with Gasteiger partial charge in [0.05, 0.1) is 18.2 Å². The molecule has 1 heterocycles. The first kappa shape index (κ1) is 16.6. The van der Waals surface area contributed by atoms with Gasteiger partial charge in [0.25, 0.3) is 0 Å². The van der Waals surface area contributed by atoms with Crippen LogP contribution in [0.5, 0.6) is 17.2 Å². The summed E-state index contributed by atoms with van der Waals surface area (Å²) in [5.74, 6) is 1.16. The van der Waals surface area contributed by atoms with Gasteiger partial charge < -0.3 is 18.9 Å². The fourth-order valence-electron chi connectivity index (χ4n) is 2.36. The Labute approximate surface area is 144 Å². The van der Waals surface area contributed by atoms with Crippen molar-refractivity contribution in [3.8, 4) is 17.2 Å². The molecule has 0 amide bonds. The highest BCUT2D eigenvalue weighted by atomic mass is 16.7. The van der Waals surface area contributed by atoms with Crippen LogP contribution >= 0.6 is 0 Å². The number of fused-ring (bicyclic) bond motifs is 1. The molecule has 0 spiro atoms. The molecule has 0 atom stereocenters. The zero-order valence-electron chi connectivity index (χ0n) is 13.6. The number of esters is 1. The van der Waals surface area contributed by atoms with E-state index < -0.39 is 5.97 Å². The van der Waals surface area contributed by atoms with Crippen LogP contribution in [-0.4, -0.2) is 32.8 Å². The SMILES string of the molecule is COC(=O)/C(=C\c1ccc2c(c1)OCO2)COc1ccccc1C=O. The highest BCUT2D eigenvalue weighted by Crippen LogP contribution is 2.33. The minimum absolute atomic E-state index is 0.0357. The predicted molar refractivity (Wildman–Crippen MR) is 89.9 cm³/mol. The van der Waals surface area contributed by atoms with Gasteiger partial charge in [-0.15, -0.1) is 0 Å². The Bertz CT molecular complexity index is 824. The summed E-state index contributed by atoms with van der Waals surface area (Å²) in [4.78, 5) is 23.1. The molecule has 0 fully saturated rings. The van der Waals surface area contributed by atoms with E-state index in [4.69, 9.17) is 18.9 Å². The molecule has 0 aromatic heterocycles. The number of carbonyl (C=O) groups excluding carboxylic acids is 2. The van der Waals surface area contributed by atoms with E-state index in [0.29, 0.717) is 34.7 Å². The number of rotatable bonds is 6. The van der Waals surface area contributed by atoms with Crippen molar-refractivity contribution in [2.75, 3.05) is 20.5 Å². The number of hydrogen-bond donors (Lipinski definition) is 0. The van der Waals surface area contributed by atoms with Gasteiger partial charge in [-0.05, 0) is 35.9 Å². The molecular weight excluding hydrogens is 324 g/mol. The molecular formula is C19H16O6. The maximum atomic E-state index is 12.0. The topological polar surface area (TPSA) is 71.1 Å². The summed E-state index contributed by atoms with van der Waals surface area (Å²) in [6, 6.07) is 12.1. The second-order valence-corrected chi connectivity index (χ2v) is 5.22. The van der Waals surface area contributed by atoms with Gasteiger partial charge >= 0.3 is 5.97 Å². The zero-order valence-corrected chi connectivity index (χ0v) is 13.6. The van der Waals surface area contributed by atoms with Crippen molar-refractivity contribution in [2.45, 2.75) is 0 Å². The molecule has 2 aromatic rings. The molecule has 0 aliphatic carbocycles. The van der Waals surface area contributed by atoms with Gasteiger partial charge in [-0.2, -0.15) is 0 Å². The number of methoxy groups -OCH3 is 1. The van der Waals surface area contributed by atoms with Crippen molar-refractivity contribution < 1.29 is 28.5 Å². The van der Waals surface area contributed by atoms with Crippen LogP contribution in [0.3, 0.4) is 0 Å². The maximum Gasteiger partial charge on any atom is 0.337 e. The number of para-hydroxylation sites is 1. The van der Waals surface area contributed by atoms with E-state index in [0.717, 1.165) is 5.56 Å². The van der Waals surface area contributed by atoms with Gasteiger partial charge in [-0.1, -0.05) is 18.2 Å². The molecule has 6 heteroatoms. The number of ether oxygens (including phenoxy) is 4. The molecule has 2 aromatic carbocycles. The van der Waals surface area contributed by atoms with Crippen molar-refractivity contribution in [1.82, 2.24) is 0 Å². The van der Waals surface area contributed by atoms with Crippen LogP contribution in [0.1, 0.15) is 15.9 Å². The van der Waals surface area contributed by atoms with E-state index in [2.05, 4.69) is 0 Å². The second kappa shape index (κ2) is 7.53. The van der Waals surface area contributed by atoms with Gasteiger partial charge in [-0.25, -0.2) is 4.79 Å². The third-order valence-corrected chi connectivity index (χ3v) is 3.61. The first-order valence-electron chi connectivity index (χ1n) is 7.57. The molecule has 0 unspecified atom stereocenters. The molecule has 6 nitrogen and oxygen atoms in total. The van der Waals surface area contributed by atoms with Crippen molar-refractivity contribution in [3.05, 3.63) is 59.2 Å². The Morgan fingerprint density at radius 2 is 1.96 bits per heavy atom. The Balaban J connectivity index is 1.82. The molecule has 0 N–H and O–H groups in total. The summed E-state index contributed by atoms with van der Waals surface area (Å²) in [5, 5.41) is 0. The Hall–Kier alpha value is -3.28. The highest BCUT2D eigenvalue weighted by Gasteiger charge is 2.15. The zero-order chi connectivity index (χ0) is 17.6. The molecule has 25 heavy (non-hydrogen) atoms. The molecule has 3 rings (SSSR count). The Morgan fingerprint density at radius 3 is 2.76 bits per heavy atom. The van der Waals surface area contributed by atoms with Crippen molar-refractivity contribution >= 4 is 18.3 Å². The molecule has 0 saturated carbocycles. The minimum Gasteiger partial charge on any atom is -0.488 e. The quantitative estimate of drug-likeness (QED) is 0.457. The lowest BCUT2D eigenvalue weighted by molar-refractivity contribution is -0.136. The number of aldehydes is 1. The molecule has 1 aliphatic heterocycles. The third-order valence-electron chi connectivity index (χ3n) is 3.61. The van der Waals surface area contributed by atoms with E-state index in [-0.39, 0.29) is 13.4 Å². The van der Waals surface area contributed by atoms with Crippen molar-refractivity contribution in [2.24, 2.45) is 0 Å². The van der Waals surface area contributed by atoms with Gasteiger partial charge in [0.2, 0.25) is 6.79 Å². The van der Waals surface area contributed by atoms with E-state index in [1.807, 2.05) is 0 Å². The van der Waals surface area contributed by atoms with Crippen LogP contribution in [-0.2, 0) is 9.53 Å². The summed E-state index contributed by atoms with van der Waals surface area (Å²) >= 11 is 0. The molecule has 0 radical (unpaired) electrons. The Morgan fingerprint density at radius 1 is 1.16 bits per heavy atom. The van der Waals surface area contributed by atoms with Crippen LogP contribution in [0.4, 0.5) is 0 Å². The number of carbonyl (C=O) groups is 2. The maximum absolute atomic E-state index is 12.0. The van der Waals surface area contributed by atoms with Crippen LogP contribution in [0.25, 0.3) is 6.08 Å². The monoisotopic (exact) mass is 340 g/mol. The lowest BCUT2D eigenvalue weighted by atomic mass is 10.1.